The average Bonchev–Trinajstić information content (AvgIpc) is 2.36. The normalized spacial score (nSPS) is 9.76. The molecule has 5 heteroatoms. The van der Waals surface area contributed by atoms with E-state index in [-0.39, 0.29) is 12.5 Å². The second-order valence-corrected chi connectivity index (χ2v) is 4.10. The Morgan fingerprint density at radius 3 is 2.47 bits per heavy atom. The molecule has 92 valence electrons. The van der Waals surface area contributed by atoms with Crippen LogP contribution in [0.4, 0.5) is 0 Å². The number of amides is 1. The van der Waals surface area contributed by atoms with Gasteiger partial charge in [-0.05, 0) is 37.4 Å². The van der Waals surface area contributed by atoms with Gasteiger partial charge in [-0.1, -0.05) is 0 Å². The zero-order valence-electron chi connectivity index (χ0n) is 9.86. The Morgan fingerprint density at radius 2 is 1.94 bits per heavy atom. The molecule has 0 fully saturated rings. The zero-order chi connectivity index (χ0) is 12.7. The molecular formula is C12H15NO3S. The third-order valence-electron chi connectivity index (χ3n) is 2.05. The summed E-state index contributed by atoms with van der Waals surface area (Å²) in [4.78, 5) is 23.8. The van der Waals surface area contributed by atoms with Crippen molar-refractivity contribution in [3.63, 3.8) is 0 Å². The molecule has 0 heterocycles. The van der Waals surface area contributed by atoms with Crippen molar-refractivity contribution in [2.24, 2.45) is 0 Å². The SMILES string of the molecule is CCOC(=O)CNC(=O)c1ccc(SC)cc1. The second-order valence-electron chi connectivity index (χ2n) is 3.22. The number of carbonyl (C=O) groups excluding carboxylic acids is 2. The van der Waals surface area contributed by atoms with Crippen LogP contribution in [0.3, 0.4) is 0 Å². The number of thioether (sulfide) groups is 1. The van der Waals surface area contributed by atoms with Gasteiger partial charge in [-0.2, -0.15) is 0 Å². The van der Waals surface area contributed by atoms with Crippen molar-refractivity contribution in [2.45, 2.75) is 11.8 Å². The first-order chi connectivity index (χ1) is 8.17. The maximum absolute atomic E-state index is 11.6. The second kappa shape index (κ2) is 6.96. The van der Waals surface area contributed by atoms with Gasteiger partial charge in [0.15, 0.2) is 0 Å². The molecule has 1 N–H and O–H groups in total. The summed E-state index contributed by atoms with van der Waals surface area (Å²) >= 11 is 1.61. The minimum atomic E-state index is -0.429. The van der Waals surface area contributed by atoms with Crippen molar-refractivity contribution < 1.29 is 14.3 Å². The predicted molar refractivity (Wildman–Crippen MR) is 67.2 cm³/mol. The molecule has 0 unspecified atom stereocenters. The molecule has 0 atom stereocenters. The Labute approximate surface area is 105 Å². The van der Waals surface area contributed by atoms with Crippen LogP contribution in [0.2, 0.25) is 0 Å². The monoisotopic (exact) mass is 253 g/mol. The van der Waals surface area contributed by atoms with Crippen molar-refractivity contribution in [3.05, 3.63) is 29.8 Å². The quantitative estimate of drug-likeness (QED) is 0.641. The number of hydrogen-bond donors (Lipinski definition) is 1. The molecule has 0 saturated carbocycles. The Kier molecular flexibility index (Phi) is 5.56. The standard InChI is InChI=1S/C12H15NO3S/c1-3-16-11(14)8-13-12(15)9-4-6-10(17-2)7-5-9/h4-7H,3,8H2,1-2H3,(H,13,15). The van der Waals surface area contributed by atoms with Gasteiger partial charge in [-0.3, -0.25) is 9.59 Å². The fraction of sp³-hybridized carbons (Fsp3) is 0.333. The summed E-state index contributed by atoms with van der Waals surface area (Å²) in [6.07, 6.45) is 1.97. The van der Waals surface area contributed by atoms with Crippen molar-refractivity contribution in [1.82, 2.24) is 5.32 Å². The molecule has 0 aromatic heterocycles. The fourth-order valence-corrected chi connectivity index (χ4v) is 1.62. The molecular weight excluding hydrogens is 238 g/mol. The largest absolute Gasteiger partial charge is 0.465 e. The van der Waals surface area contributed by atoms with Crippen LogP contribution in [0.25, 0.3) is 0 Å². The first kappa shape index (κ1) is 13.6. The van der Waals surface area contributed by atoms with Crippen molar-refractivity contribution in [3.8, 4) is 0 Å². The molecule has 0 aliphatic heterocycles. The number of rotatable bonds is 5. The number of esters is 1. The Morgan fingerprint density at radius 1 is 1.29 bits per heavy atom. The molecule has 0 saturated heterocycles. The smallest absolute Gasteiger partial charge is 0.325 e. The lowest BCUT2D eigenvalue weighted by atomic mass is 10.2. The van der Waals surface area contributed by atoms with Gasteiger partial charge in [0.05, 0.1) is 6.61 Å². The summed E-state index contributed by atoms with van der Waals surface area (Å²) in [6, 6.07) is 7.19. The number of benzene rings is 1. The number of carbonyl (C=O) groups is 2. The van der Waals surface area contributed by atoms with E-state index < -0.39 is 5.97 Å². The lowest BCUT2D eigenvalue weighted by Crippen LogP contribution is -2.30. The molecule has 0 aliphatic rings. The summed E-state index contributed by atoms with van der Waals surface area (Å²) in [5, 5.41) is 2.50. The Balaban J connectivity index is 2.49. The van der Waals surface area contributed by atoms with E-state index >= 15 is 0 Å². The Bertz CT molecular complexity index is 389. The van der Waals surface area contributed by atoms with Crippen molar-refractivity contribution in [2.75, 3.05) is 19.4 Å². The lowest BCUT2D eigenvalue weighted by Gasteiger charge is -2.05. The van der Waals surface area contributed by atoms with Gasteiger partial charge in [0.1, 0.15) is 6.54 Å². The number of nitrogens with one attached hydrogen (secondary N) is 1. The third kappa shape index (κ3) is 4.48. The average molecular weight is 253 g/mol. The maximum atomic E-state index is 11.6. The van der Waals surface area contributed by atoms with Gasteiger partial charge in [0.25, 0.3) is 5.91 Å². The van der Waals surface area contributed by atoms with Crippen molar-refractivity contribution >= 4 is 23.6 Å². The molecule has 0 aliphatic carbocycles. The van der Waals surface area contributed by atoms with E-state index in [9.17, 15) is 9.59 Å². The zero-order valence-corrected chi connectivity index (χ0v) is 10.7. The lowest BCUT2D eigenvalue weighted by molar-refractivity contribution is -0.141. The predicted octanol–water partition coefficient (Wildman–Crippen LogP) is 1.70. The van der Waals surface area contributed by atoms with Gasteiger partial charge >= 0.3 is 5.97 Å². The first-order valence-corrected chi connectivity index (χ1v) is 6.47. The third-order valence-corrected chi connectivity index (χ3v) is 2.79. The van der Waals surface area contributed by atoms with Crippen molar-refractivity contribution in [1.29, 1.82) is 0 Å². The molecule has 4 nitrogen and oxygen atoms in total. The topological polar surface area (TPSA) is 55.4 Å². The molecule has 1 amide bonds. The molecule has 0 spiro atoms. The van der Waals surface area contributed by atoms with E-state index in [2.05, 4.69) is 5.32 Å². The minimum absolute atomic E-state index is 0.100. The summed E-state index contributed by atoms with van der Waals surface area (Å²) < 4.78 is 4.71. The molecule has 1 aromatic rings. The highest BCUT2D eigenvalue weighted by Crippen LogP contribution is 2.14. The fourth-order valence-electron chi connectivity index (χ4n) is 1.21. The highest BCUT2D eigenvalue weighted by Gasteiger charge is 2.07. The van der Waals surface area contributed by atoms with Crippen LogP contribution >= 0.6 is 11.8 Å². The van der Waals surface area contributed by atoms with E-state index in [1.54, 1.807) is 30.8 Å². The van der Waals surface area contributed by atoms with Gasteiger partial charge in [-0.25, -0.2) is 0 Å². The molecule has 17 heavy (non-hydrogen) atoms. The number of ether oxygens (including phenoxy) is 1. The van der Waals surface area contributed by atoms with Crippen LogP contribution in [0, 0.1) is 0 Å². The molecule has 0 radical (unpaired) electrons. The molecule has 1 rings (SSSR count). The Hall–Kier alpha value is -1.49. The van der Waals surface area contributed by atoms with E-state index in [1.165, 1.54) is 0 Å². The summed E-state index contributed by atoms with van der Waals surface area (Å²) in [6.45, 7) is 1.94. The summed E-state index contributed by atoms with van der Waals surface area (Å²) in [5.41, 5.74) is 0.534. The number of hydrogen-bond acceptors (Lipinski definition) is 4. The van der Waals surface area contributed by atoms with E-state index in [0.717, 1.165) is 4.90 Å². The summed E-state index contributed by atoms with van der Waals surface area (Å²) in [7, 11) is 0. The molecule has 1 aromatic carbocycles. The van der Waals surface area contributed by atoms with Gasteiger partial charge < -0.3 is 10.1 Å². The highest BCUT2D eigenvalue weighted by molar-refractivity contribution is 7.98. The van der Waals surface area contributed by atoms with Crippen LogP contribution in [0.1, 0.15) is 17.3 Å². The van der Waals surface area contributed by atoms with E-state index in [1.807, 2.05) is 18.4 Å². The van der Waals surface area contributed by atoms with Gasteiger partial charge in [0, 0.05) is 10.5 Å². The summed E-state index contributed by atoms with van der Waals surface area (Å²) in [5.74, 6) is -0.702. The van der Waals surface area contributed by atoms with Gasteiger partial charge in [-0.15, -0.1) is 11.8 Å². The van der Waals surface area contributed by atoms with Crippen LogP contribution in [0.15, 0.2) is 29.2 Å². The molecule has 0 bridgehead atoms. The van der Waals surface area contributed by atoms with Crippen LogP contribution in [-0.2, 0) is 9.53 Å². The highest BCUT2D eigenvalue weighted by atomic mass is 32.2. The van der Waals surface area contributed by atoms with Gasteiger partial charge in [0.2, 0.25) is 0 Å². The first-order valence-electron chi connectivity index (χ1n) is 5.25. The van der Waals surface area contributed by atoms with Crippen LogP contribution < -0.4 is 5.32 Å². The maximum Gasteiger partial charge on any atom is 0.325 e. The van der Waals surface area contributed by atoms with Crippen LogP contribution in [0.5, 0.6) is 0 Å². The van der Waals surface area contributed by atoms with Crippen LogP contribution in [-0.4, -0.2) is 31.3 Å². The van der Waals surface area contributed by atoms with E-state index in [0.29, 0.717) is 12.2 Å². The minimum Gasteiger partial charge on any atom is -0.465 e. The van der Waals surface area contributed by atoms with E-state index in [4.69, 9.17) is 4.74 Å².